The second-order valence-corrected chi connectivity index (χ2v) is 3.58. The van der Waals surface area contributed by atoms with Crippen LogP contribution in [0.5, 0.6) is 0 Å². The third-order valence-electron chi connectivity index (χ3n) is 1.60. The zero-order valence-corrected chi connectivity index (χ0v) is 9.13. The normalized spacial score (nSPS) is 9.80. The van der Waals surface area contributed by atoms with Gasteiger partial charge in [0, 0.05) is 11.1 Å². The summed E-state index contributed by atoms with van der Waals surface area (Å²) in [6.45, 7) is 3.48. The molecule has 15 heavy (non-hydrogen) atoms. The summed E-state index contributed by atoms with van der Waals surface area (Å²) in [7, 11) is 0. The van der Waals surface area contributed by atoms with Crippen molar-refractivity contribution in [2.75, 3.05) is 0 Å². The van der Waals surface area contributed by atoms with Crippen molar-refractivity contribution in [3.05, 3.63) is 34.3 Å². The predicted molar refractivity (Wildman–Crippen MR) is 55.6 cm³/mol. The van der Waals surface area contributed by atoms with Gasteiger partial charge in [0.25, 0.3) is 0 Å². The third-order valence-corrected chi connectivity index (χ3v) is 1.82. The van der Waals surface area contributed by atoms with E-state index in [0.29, 0.717) is 5.02 Å². The summed E-state index contributed by atoms with van der Waals surface area (Å²) in [6.07, 6.45) is -0.222. The van der Waals surface area contributed by atoms with Crippen molar-refractivity contribution >= 4 is 17.6 Å². The number of benzene rings is 1. The van der Waals surface area contributed by atoms with Gasteiger partial charge in [0.2, 0.25) is 0 Å². The van der Waals surface area contributed by atoms with Gasteiger partial charge in [-0.2, -0.15) is 5.26 Å². The lowest BCUT2D eigenvalue weighted by Gasteiger charge is -2.08. The molecule has 0 N–H and O–H groups in total. The Morgan fingerprint density at radius 3 is 2.87 bits per heavy atom. The Balaban J connectivity index is 3.04. The van der Waals surface area contributed by atoms with E-state index in [0.717, 1.165) is 0 Å². The minimum Gasteiger partial charge on any atom is -0.459 e. The van der Waals surface area contributed by atoms with Crippen molar-refractivity contribution in [3.8, 4) is 6.07 Å². The van der Waals surface area contributed by atoms with Gasteiger partial charge in [0.15, 0.2) is 0 Å². The summed E-state index contributed by atoms with van der Waals surface area (Å²) in [4.78, 5) is 11.5. The number of hydrogen-bond acceptors (Lipinski definition) is 3. The van der Waals surface area contributed by atoms with Gasteiger partial charge >= 0.3 is 5.97 Å². The molecule has 1 radical (unpaired) electrons. The van der Waals surface area contributed by atoms with Crippen LogP contribution in [0.1, 0.15) is 29.8 Å². The molecule has 0 atom stereocenters. The number of carbonyl (C=O) groups excluding carboxylic acids is 1. The molecule has 0 fully saturated rings. The molecule has 0 aliphatic carbocycles. The molecule has 0 heterocycles. The average Bonchev–Trinajstić information content (AvgIpc) is 2.16. The first-order valence-electron chi connectivity index (χ1n) is 4.37. The van der Waals surface area contributed by atoms with Crippen LogP contribution in [0.25, 0.3) is 0 Å². The first-order chi connectivity index (χ1) is 7.04. The number of rotatable bonds is 2. The average molecular weight is 223 g/mol. The molecule has 0 aromatic heterocycles. The van der Waals surface area contributed by atoms with Gasteiger partial charge in [-0.05, 0) is 26.0 Å². The Labute approximate surface area is 93.2 Å². The number of halogens is 1. The fourth-order valence-corrected chi connectivity index (χ4v) is 1.17. The van der Waals surface area contributed by atoms with E-state index < -0.39 is 5.97 Å². The lowest BCUT2D eigenvalue weighted by atomic mass is 10.1. The van der Waals surface area contributed by atoms with E-state index in [9.17, 15) is 4.79 Å². The monoisotopic (exact) mass is 222 g/mol. The van der Waals surface area contributed by atoms with E-state index >= 15 is 0 Å². The first kappa shape index (κ1) is 11.5. The largest absolute Gasteiger partial charge is 0.459 e. The zero-order valence-electron chi connectivity index (χ0n) is 8.37. The topological polar surface area (TPSA) is 50.1 Å². The molecule has 0 aliphatic rings. The first-order valence-corrected chi connectivity index (χ1v) is 4.74. The Bertz CT molecular complexity index is 421. The molecule has 0 spiro atoms. The third kappa shape index (κ3) is 2.97. The molecule has 1 rings (SSSR count). The molecule has 0 bridgehead atoms. The maximum atomic E-state index is 11.5. The van der Waals surface area contributed by atoms with Gasteiger partial charge in [0.1, 0.15) is 6.07 Å². The highest BCUT2D eigenvalue weighted by Crippen LogP contribution is 2.16. The maximum absolute atomic E-state index is 11.5. The lowest BCUT2D eigenvalue weighted by Crippen LogP contribution is -2.12. The quantitative estimate of drug-likeness (QED) is 0.723. The van der Waals surface area contributed by atoms with Crippen LogP contribution in [-0.4, -0.2) is 12.1 Å². The van der Waals surface area contributed by atoms with Gasteiger partial charge < -0.3 is 4.74 Å². The summed E-state index contributed by atoms with van der Waals surface area (Å²) >= 11 is 5.65. The van der Waals surface area contributed by atoms with Gasteiger partial charge in [-0.15, -0.1) is 0 Å². The molecule has 0 saturated heterocycles. The number of carbonyl (C=O) groups is 1. The molecular formula is C11H9ClNO2. The Kier molecular flexibility index (Phi) is 3.70. The van der Waals surface area contributed by atoms with Crippen LogP contribution in [0.3, 0.4) is 0 Å². The highest BCUT2D eigenvalue weighted by Gasteiger charge is 2.14. The van der Waals surface area contributed by atoms with E-state index in [1.54, 1.807) is 13.8 Å². The van der Waals surface area contributed by atoms with Crippen LogP contribution in [-0.2, 0) is 4.74 Å². The predicted octanol–water partition coefficient (Wildman–Crippen LogP) is 2.58. The SMILES string of the molecule is CC(C)OC(=O)c1c[c]c(Cl)cc1C#N. The van der Waals surface area contributed by atoms with Crippen LogP contribution < -0.4 is 0 Å². The Morgan fingerprint density at radius 2 is 2.33 bits per heavy atom. The van der Waals surface area contributed by atoms with E-state index in [1.807, 2.05) is 6.07 Å². The van der Waals surface area contributed by atoms with Crippen molar-refractivity contribution in [1.82, 2.24) is 0 Å². The number of hydrogen-bond donors (Lipinski definition) is 0. The fourth-order valence-electron chi connectivity index (χ4n) is 1.00. The van der Waals surface area contributed by atoms with Crippen LogP contribution in [0, 0.1) is 17.4 Å². The molecule has 0 saturated carbocycles. The smallest absolute Gasteiger partial charge is 0.339 e. The number of ether oxygens (including phenoxy) is 1. The zero-order chi connectivity index (χ0) is 11.4. The molecule has 0 unspecified atom stereocenters. The van der Waals surface area contributed by atoms with Crippen LogP contribution in [0.2, 0.25) is 5.02 Å². The van der Waals surface area contributed by atoms with Crippen LogP contribution in [0.4, 0.5) is 0 Å². The second-order valence-electron chi connectivity index (χ2n) is 3.17. The van der Waals surface area contributed by atoms with Crippen molar-refractivity contribution in [2.24, 2.45) is 0 Å². The summed E-state index contributed by atoms with van der Waals surface area (Å²) in [5.41, 5.74) is 0.389. The highest BCUT2D eigenvalue weighted by molar-refractivity contribution is 6.30. The number of nitriles is 1. The highest BCUT2D eigenvalue weighted by atomic mass is 35.5. The van der Waals surface area contributed by atoms with E-state index in [1.165, 1.54) is 12.1 Å². The summed E-state index contributed by atoms with van der Waals surface area (Å²) in [5, 5.41) is 9.09. The molecule has 3 nitrogen and oxygen atoms in total. The van der Waals surface area contributed by atoms with Crippen LogP contribution >= 0.6 is 11.6 Å². The molecule has 1 aromatic rings. The summed E-state index contributed by atoms with van der Waals surface area (Å²) < 4.78 is 4.97. The molecule has 0 aliphatic heterocycles. The van der Waals surface area contributed by atoms with Gasteiger partial charge in [-0.25, -0.2) is 4.79 Å². The molecule has 0 amide bonds. The van der Waals surface area contributed by atoms with Crippen LogP contribution in [0.15, 0.2) is 12.1 Å². The maximum Gasteiger partial charge on any atom is 0.339 e. The van der Waals surface area contributed by atoms with Crippen molar-refractivity contribution < 1.29 is 9.53 Å². The van der Waals surface area contributed by atoms with Crippen molar-refractivity contribution in [2.45, 2.75) is 20.0 Å². The minimum absolute atomic E-state index is 0.190. The molecule has 77 valence electrons. The van der Waals surface area contributed by atoms with Gasteiger partial charge in [0.05, 0.1) is 17.2 Å². The fraction of sp³-hybridized carbons (Fsp3) is 0.273. The summed E-state index contributed by atoms with van der Waals surface area (Å²) in [5.74, 6) is -0.533. The number of esters is 1. The molecular weight excluding hydrogens is 214 g/mol. The standard InChI is InChI=1S/C11H9ClNO2/c1-7(2)15-11(14)10-4-3-9(12)5-8(10)6-13/h4-5,7H,1-2H3. The van der Waals surface area contributed by atoms with Crippen molar-refractivity contribution in [1.29, 1.82) is 5.26 Å². The van der Waals surface area contributed by atoms with Crippen molar-refractivity contribution in [3.63, 3.8) is 0 Å². The second kappa shape index (κ2) is 4.81. The number of nitrogens with zero attached hydrogens (tertiary/aromatic N) is 1. The van der Waals surface area contributed by atoms with Gasteiger partial charge in [-0.3, -0.25) is 0 Å². The molecule has 1 aromatic carbocycles. The van der Waals surface area contributed by atoms with Gasteiger partial charge in [-0.1, -0.05) is 11.6 Å². The Hall–Kier alpha value is -1.53. The van der Waals surface area contributed by atoms with E-state index in [-0.39, 0.29) is 17.2 Å². The summed E-state index contributed by atoms with van der Waals surface area (Å²) in [6, 6.07) is 7.28. The Morgan fingerprint density at radius 1 is 1.67 bits per heavy atom. The lowest BCUT2D eigenvalue weighted by molar-refractivity contribution is 0.0377. The minimum atomic E-state index is -0.533. The van der Waals surface area contributed by atoms with E-state index in [4.69, 9.17) is 21.6 Å². The van der Waals surface area contributed by atoms with E-state index in [2.05, 4.69) is 6.07 Å². The molecule has 4 heteroatoms.